The first-order valence-corrected chi connectivity index (χ1v) is 6.06. The maximum Gasteiger partial charge on any atom is 0.0940 e. The summed E-state index contributed by atoms with van der Waals surface area (Å²) in [5, 5.41) is 8.61. The van der Waals surface area contributed by atoms with Crippen LogP contribution in [0.3, 0.4) is 0 Å². The standard InChI is InChI=1S/C12H24N4/c1-12(2,3)16-8-6-15(7-9-16)5-4-11(14)10-13/h11H,4-9,14H2,1-3H3. The summed E-state index contributed by atoms with van der Waals surface area (Å²) >= 11 is 0. The summed E-state index contributed by atoms with van der Waals surface area (Å²) in [6, 6.07) is 1.77. The second-order valence-corrected chi connectivity index (χ2v) is 5.52. The minimum Gasteiger partial charge on any atom is -0.316 e. The monoisotopic (exact) mass is 224 g/mol. The van der Waals surface area contributed by atoms with Crippen molar-refractivity contribution >= 4 is 0 Å². The van der Waals surface area contributed by atoms with Crippen LogP contribution in [0.15, 0.2) is 0 Å². The minimum absolute atomic E-state index is 0.273. The normalized spacial score (nSPS) is 21.7. The molecule has 1 atom stereocenters. The average Bonchev–Trinajstić information content (AvgIpc) is 2.25. The van der Waals surface area contributed by atoms with Gasteiger partial charge in [-0.15, -0.1) is 0 Å². The lowest BCUT2D eigenvalue weighted by molar-refractivity contribution is 0.0616. The molecule has 2 N–H and O–H groups in total. The summed E-state index contributed by atoms with van der Waals surface area (Å²) in [5.74, 6) is 0. The van der Waals surface area contributed by atoms with E-state index in [-0.39, 0.29) is 11.6 Å². The van der Waals surface area contributed by atoms with Crippen LogP contribution in [-0.2, 0) is 0 Å². The number of rotatable bonds is 3. The van der Waals surface area contributed by atoms with E-state index in [2.05, 4.69) is 36.6 Å². The second kappa shape index (κ2) is 5.62. The molecule has 0 amide bonds. The Morgan fingerprint density at radius 1 is 1.25 bits per heavy atom. The van der Waals surface area contributed by atoms with E-state index in [9.17, 15) is 0 Å². The molecule has 0 radical (unpaired) electrons. The molecule has 1 saturated heterocycles. The van der Waals surface area contributed by atoms with Crippen molar-refractivity contribution in [1.82, 2.24) is 9.80 Å². The lowest BCUT2D eigenvalue weighted by Gasteiger charge is -2.42. The first-order valence-electron chi connectivity index (χ1n) is 6.06. The molecule has 0 aromatic heterocycles. The van der Waals surface area contributed by atoms with Gasteiger partial charge in [0.2, 0.25) is 0 Å². The third kappa shape index (κ3) is 4.09. The van der Waals surface area contributed by atoms with Crippen LogP contribution < -0.4 is 5.73 Å². The number of nitrogens with zero attached hydrogens (tertiary/aromatic N) is 3. The lowest BCUT2D eigenvalue weighted by atomic mass is 10.0. The molecule has 1 unspecified atom stereocenters. The molecule has 4 nitrogen and oxygen atoms in total. The van der Waals surface area contributed by atoms with Gasteiger partial charge < -0.3 is 10.6 Å². The van der Waals surface area contributed by atoms with Gasteiger partial charge in [-0.05, 0) is 27.2 Å². The smallest absolute Gasteiger partial charge is 0.0940 e. The van der Waals surface area contributed by atoms with Crippen LogP contribution >= 0.6 is 0 Å². The Balaban J connectivity index is 2.25. The van der Waals surface area contributed by atoms with E-state index in [1.54, 1.807) is 0 Å². The van der Waals surface area contributed by atoms with Crippen LogP contribution in [-0.4, -0.2) is 54.1 Å². The molecular formula is C12H24N4. The van der Waals surface area contributed by atoms with Crippen LogP contribution in [0, 0.1) is 11.3 Å². The van der Waals surface area contributed by atoms with Gasteiger partial charge in [0.25, 0.3) is 0 Å². The van der Waals surface area contributed by atoms with Gasteiger partial charge in [0, 0.05) is 38.3 Å². The summed E-state index contributed by atoms with van der Waals surface area (Å²) < 4.78 is 0. The first-order chi connectivity index (χ1) is 7.43. The summed E-state index contributed by atoms with van der Waals surface area (Å²) in [5.41, 5.74) is 5.86. The Hall–Kier alpha value is -0.630. The van der Waals surface area contributed by atoms with E-state index in [4.69, 9.17) is 11.0 Å². The fourth-order valence-corrected chi connectivity index (χ4v) is 2.03. The molecule has 0 aromatic rings. The van der Waals surface area contributed by atoms with Crippen molar-refractivity contribution in [2.45, 2.75) is 38.8 Å². The van der Waals surface area contributed by atoms with E-state index in [1.165, 1.54) is 0 Å². The highest BCUT2D eigenvalue weighted by atomic mass is 15.3. The molecular weight excluding hydrogens is 200 g/mol. The predicted octanol–water partition coefficient (Wildman–Crippen LogP) is 0.643. The van der Waals surface area contributed by atoms with Gasteiger partial charge in [-0.1, -0.05) is 0 Å². The zero-order valence-electron chi connectivity index (χ0n) is 10.7. The van der Waals surface area contributed by atoms with E-state index in [0.29, 0.717) is 0 Å². The van der Waals surface area contributed by atoms with Crippen LogP contribution in [0.1, 0.15) is 27.2 Å². The number of nitriles is 1. The molecule has 1 aliphatic rings. The van der Waals surface area contributed by atoms with Crippen LogP contribution in [0.4, 0.5) is 0 Å². The van der Waals surface area contributed by atoms with Gasteiger partial charge >= 0.3 is 0 Å². The van der Waals surface area contributed by atoms with Gasteiger partial charge in [0.15, 0.2) is 0 Å². The van der Waals surface area contributed by atoms with Crippen molar-refractivity contribution < 1.29 is 0 Å². The zero-order chi connectivity index (χ0) is 12.2. The zero-order valence-corrected chi connectivity index (χ0v) is 10.7. The summed E-state index contributed by atoms with van der Waals surface area (Å²) in [6.45, 7) is 12.1. The van der Waals surface area contributed by atoms with Crippen molar-refractivity contribution in [2.75, 3.05) is 32.7 Å². The molecule has 0 spiro atoms. The van der Waals surface area contributed by atoms with Gasteiger partial charge in [-0.2, -0.15) is 5.26 Å². The van der Waals surface area contributed by atoms with E-state index < -0.39 is 0 Å². The summed E-state index contributed by atoms with van der Waals surface area (Å²) in [4.78, 5) is 4.91. The number of hydrogen-bond acceptors (Lipinski definition) is 4. The molecule has 1 fully saturated rings. The van der Waals surface area contributed by atoms with Gasteiger partial charge in [-0.25, -0.2) is 0 Å². The molecule has 1 aliphatic heterocycles. The van der Waals surface area contributed by atoms with Gasteiger partial charge in [0.1, 0.15) is 0 Å². The molecule has 16 heavy (non-hydrogen) atoms. The minimum atomic E-state index is -0.305. The molecule has 0 bridgehead atoms. The topological polar surface area (TPSA) is 56.3 Å². The Morgan fingerprint density at radius 3 is 2.25 bits per heavy atom. The SMILES string of the molecule is CC(C)(C)N1CCN(CCC(N)C#N)CC1. The number of nitrogens with two attached hydrogens (primary N) is 1. The van der Waals surface area contributed by atoms with Crippen molar-refractivity contribution in [3.8, 4) is 6.07 Å². The van der Waals surface area contributed by atoms with Crippen molar-refractivity contribution in [1.29, 1.82) is 5.26 Å². The Bertz CT molecular complexity index is 243. The van der Waals surface area contributed by atoms with Crippen molar-refractivity contribution in [2.24, 2.45) is 5.73 Å². The summed E-state index contributed by atoms with van der Waals surface area (Å²) in [6.07, 6.45) is 0.784. The van der Waals surface area contributed by atoms with Gasteiger partial charge in [0.05, 0.1) is 12.1 Å². The molecule has 1 rings (SSSR count). The molecule has 0 aromatic carbocycles. The fourth-order valence-electron chi connectivity index (χ4n) is 2.03. The van der Waals surface area contributed by atoms with Crippen LogP contribution in [0.5, 0.6) is 0 Å². The maximum absolute atomic E-state index is 8.61. The number of piperazine rings is 1. The maximum atomic E-state index is 8.61. The average molecular weight is 224 g/mol. The quantitative estimate of drug-likeness (QED) is 0.764. The number of hydrogen-bond donors (Lipinski definition) is 1. The summed E-state index contributed by atoms with van der Waals surface area (Å²) in [7, 11) is 0. The highest BCUT2D eigenvalue weighted by Crippen LogP contribution is 2.15. The highest BCUT2D eigenvalue weighted by Gasteiger charge is 2.25. The molecule has 1 heterocycles. The van der Waals surface area contributed by atoms with Crippen LogP contribution in [0.2, 0.25) is 0 Å². The largest absolute Gasteiger partial charge is 0.316 e. The molecule has 4 heteroatoms. The Labute approximate surface area is 99.0 Å². The fraction of sp³-hybridized carbons (Fsp3) is 0.917. The van der Waals surface area contributed by atoms with E-state index >= 15 is 0 Å². The third-order valence-corrected chi connectivity index (χ3v) is 3.24. The third-order valence-electron chi connectivity index (χ3n) is 3.24. The second-order valence-electron chi connectivity index (χ2n) is 5.52. The molecule has 0 saturated carbocycles. The lowest BCUT2D eigenvalue weighted by Crippen LogP contribution is -2.53. The highest BCUT2D eigenvalue weighted by molar-refractivity contribution is 4.88. The molecule has 0 aliphatic carbocycles. The van der Waals surface area contributed by atoms with E-state index in [0.717, 1.165) is 39.1 Å². The van der Waals surface area contributed by atoms with Crippen molar-refractivity contribution in [3.63, 3.8) is 0 Å². The Morgan fingerprint density at radius 2 is 1.81 bits per heavy atom. The van der Waals surface area contributed by atoms with Gasteiger partial charge in [-0.3, -0.25) is 4.90 Å². The van der Waals surface area contributed by atoms with Crippen molar-refractivity contribution in [3.05, 3.63) is 0 Å². The predicted molar refractivity (Wildman–Crippen MR) is 66.0 cm³/mol. The van der Waals surface area contributed by atoms with E-state index in [1.807, 2.05) is 0 Å². The molecule has 92 valence electrons. The Kier molecular flexibility index (Phi) is 4.72. The van der Waals surface area contributed by atoms with Crippen LogP contribution in [0.25, 0.3) is 0 Å². The first kappa shape index (κ1) is 13.4.